The zero-order chi connectivity index (χ0) is 21.4. The monoisotopic (exact) mass is 405 g/mol. The third kappa shape index (κ3) is 8.11. The number of benzene rings is 1. The number of nitrogens with one attached hydrogen (secondary N) is 3. The standard InChI is InChI=1S/C21H31N3O5/c1-21(2,3)29-20(28)23-13-15-11-17(22-12-15)18(25)24-16(19(26)27)10-9-14-7-5-4-6-8-14/h4-8,15-17,22H,9-13H2,1-3H3,(H,23,28)(H,24,25)(H,26,27)/t15-,16-,17+/m1/s1. The van der Waals surface area contributed by atoms with Crippen LogP contribution in [0.25, 0.3) is 0 Å². The molecule has 1 saturated heterocycles. The number of carboxylic acids is 1. The molecule has 1 fully saturated rings. The van der Waals surface area contributed by atoms with Crippen LogP contribution in [0, 0.1) is 5.92 Å². The number of carbonyl (C=O) groups excluding carboxylic acids is 2. The molecule has 1 aliphatic heterocycles. The van der Waals surface area contributed by atoms with Crippen LogP contribution in [-0.4, -0.2) is 53.9 Å². The quantitative estimate of drug-likeness (QED) is 0.523. The van der Waals surface area contributed by atoms with Crippen LogP contribution in [0.1, 0.15) is 39.2 Å². The maximum absolute atomic E-state index is 12.5. The highest BCUT2D eigenvalue weighted by Gasteiger charge is 2.32. The van der Waals surface area contributed by atoms with Crippen molar-refractivity contribution in [2.75, 3.05) is 13.1 Å². The van der Waals surface area contributed by atoms with E-state index in [-0.39, 0.29) is 11.8 Å². The number of rotatable bonds is 8. The van der Waals surface area contributed by atoms with Gasteiger partial charge in [-0.25, -0.2) is 9.59 Å². The van der Waals surface area contributed by atoms with Gasteiger partial charge in [-0.05, 0) is 51.5 Å². The van der Waals surface area contributed by atoms with Crippen molar-refractivity contribution >= 4 is 18.0 Å². The Morgan fingerprint density at radius 3 is 2.55 bits per heavy atom. The summed E-state index contributed by atoms with van der Waals surface area (Å²) in [5.41, 5.74) is 0.465. The van der Waals surface area contributed by atoms with Crippen LogP contribution in [0.2, 0.25) is 0 Å². The van der Waals surface area contributed by atoms with Crippen LogP contribution in [0.5, 0.6) is 0 Å². The normalized spacial score (nSPS) is 20.0. The van der Waals surface area contributed by atoms with Crippen LogP contribution < -0.4 is 16.0 Å². The van der Waals surface area contributed by atoms with Gasteiger partial charge >= 0.3 is 12.1 Å². The lowest BCUT2D eigenvalue weighted by molar-refractivity contribution is -0.142. The SMILES string of the molecule is CC(C)(C)OC(=O)NC[C@H]1CN[C@H](C(=O)N[C@H](CCc2ccccc2)C(=O)O)C1. The van der Waals surface area contributed by atoms with Gasteiger partial charge in [0.25, 0.3) is 0 Å². The molecule has 8 nitrogen and oxygen atoms in total. The molecule has 2 rings (SSSR count). The molecule has 29 heavy (non-hydrogen) atoms. The van der Waals surface area contributed by atoms with Gasteiger partial charge in [-0.1, -0.05) is 30.3 Å². The van der Waals surface area contributed by atoms with Gasteiger partial charge in [0.05, 0.1) is 6.04 Å². The van der Waals surface area contributed by atoms with Crippen molar-refractivity contribution in [3.63, 3.8) is 0 Å². The minimum atomic E-state index is -1.05. The molecule has 160 valence electrons. The summed E-state index contributed by atoms with van der Waals surface area (Å²) in [5.74, 6) is -1.30. The Kier molecular flexibility index (Phi) is 8.01. The third-order valence-corrected chi connectivity index (χ3v) is 4.65. The second-order valence-corrected chi connectivity index (χ2v) is 8.37. The number of hydrogen-bond donors (Lipinski definition) is 4. The van der Waals surface area contributed by atoms with Crippen molar-refractivity contribution in [3.05, 3.63) is 35.9 Å². The van der Waals surface area contributed by atoms with Crippen LogP contribution in [0.15, 0.2) is 30.3 Å². The largest absolute Gasteiger partial charge is 0.480 e. The van der Waals surface area contributed by atoms with E-state index in [4.69, 9.17) is 4.74 Å². The second-order valence-electron chi connectivity index (χ2n) is 8.37. The molecule has 1 aliphatic rings. The molecular formula is C21H31N3O5. The molecule has 1 heterocycles. The maximum atomic E-state index is 12.5. The molecule has 0 aliphatic carbocycles. The molecule has 0 aromatic heterocycles. The summed E-state index contributed by atoms with van der Waals surface area (Å²) < 4.78 is 5.20. The Hall–Kier alpha value is -2.61. The van der Waals surface area contributed by atoms with E-state index in [1.807, 2.05) is 30.3 Å². The summed E-state index contributed by atoms with van der Waals surface area (Å²) in [7, 11) is 0. The molecule has 0 saturated carbocycles. The van der Waals surface area contributed by atoms with Crippen molar-refractivity contribution in [2.24, 2.45) is 5.92 Å². The van der Waals surface area contributed by atoms with Gasteiger partial charge in [0.2, 0.25) is 5.91 Å². The fourth-order valence-electron chi connectivity index (χ4n) is 3.19. The van der Waals surface area contributed by atoms with Crippen molar-refractivity contribution in [1.82, 2.24) is 16.0 Å². The Morgan fingerprint density at radius 2 is 1.93 bits per heavy atom. The van der Waals surface area contributed by atoms with Gasteiger partial charge < -0.3 is 25.8 Å². The van der Waals surface area contributed by atoms with E-state index in [1.165, 1.54) is 0 Å². The average Bonchev–Trinajstić information content (AvgIpc) is 3.11. The maximum Gasteiger partial charge on any atom is 0.407 e. The molecule has 4 N–H and O–H groups in total. The number of aryl methyl sites for hydroxylation is 1. The zero-order valence-corrected chi connectivity index (χ0v) is 17.2. The molecule has 0 unspecified atom stereocenters. The number of carboxylic acid groups (broad SMARTS) is 1. The Balaban J connectivity index is 1.77. The first-order valence-electron chi connectivity index (χ1n) is 9.91. The summed E-state index contributed by atoms with van der Waals surface area (Å²) in [6.45, 7) is 6.33. The Morgan fingerprint density at radius 1 is 1.24 bits per heavy atom. The number of ether oxygens (including phenoxy) is 1. The fraction of sp³-hybridized carbons (Fsp3) is 0.571. The number of hydrogen-bond acceptors (Lipinski definition) is 5. The van der Waals surface area contributed by atoms with Gasteiger partial charge in [-0.3, -0.25) is 4.79 Å². The van der Waals surface area contributed by atoms with Gasteiger partial charge in [-0.2, -0.15) is 0 Å². The summed E-state index contributed by atoms with van der Waals surface area (Å²) in [6, 6.07) is 8.15. The molecule has 3 atom stereocenters. The predicted molar refractivity (Wildman–Crippen MR) is 108 cm³/mol. The van der Waals surface area contributed by atoms with E-state index in [1.54, 1.807) is 20.8 Å². The van der Waals surface area contributed by atoms with E-state index < -0.39 is 29.7 Å². The second kappa shape index (κ2) is 10.2. The van der Waals surface area contributed by atoms with Crippen molar-refractivity contribution < 1.29 is 24.2 Å². The predicted octanol–water partition coefficient (Wildman–Crippen LogP) is 1.69. The van der Waals surface area contributed by atoms with E-state index in [9.17, 15) is 19.5 Å². The van der Waals surface area contributed by atoms with Crippen molar-refractivity contribution in [3.8, 4) is 0 Å². The highest BCUT2D eigenvalue weighted by Crippen LogP contribution is 2.15. The number of aliphatic carboxylic acids is 1. The zero-order valence-electron chi connectivity index (χ0n) is 17.2. The highest BCUT2D eigenvalue weighted by molar-refractivity contribution is 5.87. The topological polar surface area (TPSA) is 117 Å². The minimum Gasteiger partial charge on any atom is -0.480 e. The first kappa shape index (κ1) is 22.7. The van der Waals surface area contributed by atoms with Gasteiger partial charge in [0, 0.05) is 13.1 Å². The van der Waals surface area contributed by atoms with E-state index in [2.05, 4.69) is 16.0 Å². The van der Waals surface area contributed by atoms with Gasteiger partial charge in [0.15, 0.2) is 0 Å². The van der Waals surface area contributed by atoms with Crippen LogP contribution in [-0.2, 0) is 20.7 Å². The highest BCUT2D eigenvalue weighted by atomic mass is 16.6. The smallest absolute Gasteiger partial charge is 0.407 e. The molecule has 0 bridgehead atoms. The molecule has 0 spiro atoms. The summed E-state index contributed by atoms with van der Waals surface area (Å²) in [4.78, 5) is 35.8. The van der Waals surface area contributed by atoms with Gasteiger partial charge in [0.1, 0.15) is 11.6 Å². The van der Waals surface area contributed by atoms with Crippen LogP contribution in [0.3, 0.4) is 0 Å². The van der Waals surface area contributed by atoms with Crippen LogP contribution in [0.4, 0.5) is 4.79 Å². The summed E-state index contributed by atoms with van der Waals surface area (Å²) >= 11 is 0. The van der Waals surface area contributed by atoms with E-state index in [0.717, 1.165) is 5.56 Å². The van der Waals surface area contributed by atoms with E-state index in [0.29, 0.717) is 32.4 Å². The number of alkyl carbamates (subject to hydrolysis) is 1. The minimum absolute atomic E-state index is 0.0749. The molecule has 1 aromatic rings. The third-order valence-electron chi connectivity index (χ3n) is 4.65. The van der Waals surface area contributed by atoms with Gasteiger partial charge in [-0.15, -0.1) is 0 Å². The molecule has 1 aromatic carbocycles. The van der Waals surface area contributed by atoms with E-state index >= 15 is 0 Å². The van der Waals surface area contributed by atoms with Crippen molar-refractivity contribution in [1.29, 1.82) is 0 Å². The average molecular weight is 405 g/mol. The lowest BCUT2D eigenvalue weighted by atomic mass is 10.0. The summed E-state index contributed by atoms with van der Waals surface area (Å²) in [6.07, 6.45) is 0.921. The van der Waals surface area contributed by atoms with Crippen molar-refractivity contribution in [2.45, 2.75) is 57.7 Å². The molecule has 0 radical (unpaired) electrons. The molecule has 8 heteroatoms. The number of carbonyl (C=O) groups is 3. The lowest BCUT2D eigenvalue weighted by Gasteiger charge is -2.20. The number of amides is 2. The molecular weight excluding hydrogens is 374 g/mol. The fourth-order valence-corrected chi connectivity index (χ4v) is 3.19. The first-order chi connectivity index (χ1) is 13.6. The Labute approximate surface area is 171 Å². The Bertz CT molecular complexity index is 702. The molecule has 2 amide bonds. The van der Waals surface area contributed by atoms with Crippen LogP contribution >= 0.6 is 0 Å². The lowest BCUT2D eigenvalue weighted by Crippen LogP contribution is -2.48. The summed E-state index contributed by atoms with van der Waals surface area (Å²) in [5, 5.41) is 17.9. The first-order valence-corrected chi connectivity index (χ1v) is 9.91.